The van der Waals surface area contributed by atoms with Crippen LogP contribution in [-0.4, -0.2) is 9.97 Å². The molecule has 0 aliphatic carbocycles. The Bertz CT molecular complexity index is 818. The Morgan fingerprint density at radius 2 is 1.90 bits per heavy atom. The van der Waals surface area contributed by atoms with E-state index in [0.29, 0.717) is 11.4 Å². The third kappa shape index (κ3) is 2.67. The van der Waals surface area contributed by atoms with Crippen molar-refractivity contribution >= 4 is 11.3 Å². The summed E-state index contributed by atoms with van der Waals surface area (Å²) in [6.07, 6.45) is 0.992. The Hall–Kier alpha value is -2.20. The molecule has 2 heterocycles. The van der Waals surface area contributed by atoms with Crippen LogP contribution in [0.1, 0.15) is 17.4 Å². The molecule has 0 aliphatic heterocycles. The number of thiophene rings is 1. The van der Waals surface area contributed by atoms with Gasteiger partial charge in [0.1, 0.15) is 0 Å². The molecule has 1 N–H and O–H groups in total. The second-order valence-electron chi connectivity index (χ2n) is 4.87. The van der Waals surface area contributed by atoms with E-state index in [-0.39, 0.29) is 5.56 Å². The van der Waals surface area contributed by atoms with E-state index in [1.165, 1.54) is 4.88 Å². The molecule has 4 heteroatoms. The van der Waals surface area contributed by atoms with Gasteiger partial charge in [0.15, 0.2) is 5.82 Å². The molecule has 0 saturated carbocycles. The standard InChI is InChI=1S/C17H16N2OS/c1-3-13-9-10-14(21-13)16-18-15(11(2)17(20)19-16)12-7-5-4-6-8-12/h4-10H,3H2,1-2H3,(H,18,19,20). The lowest BCUT2D eigenvalue weighted by Crippen LogP contribution is -2.13. The SMILES string of the molecule is CCc1ccc(-c2nc(-c3ccccc3)c(C)c(=O)[nH]2)s1. The number of aromatic nitrogens is 2. The summed E-state index contributed by atoms with van der Waals surface area (Å²) in [7, 11) is 0. The Kier molecular flexibility index (Phi) is 3.71. The molecule has 0 aliphatic rings. The van der Waals surface area contributed by atoms with E-state index in [4.69, 9.17) is 0 Å². The number of hydrogen-bond donors (Lipinski definition) is 1. The van der Waals surface area contributed by atoms with Crippen LogP contribution in [0.2, 0.25) is 0 Å². The molecule has 106 valence electrons. The van der Waals surface area contributed by atoms with Gasteiger partial charge in [-0.25, -0.2) is 4.98 Å². The van der Waals surface area contributed by atoms with Gasteiger partial charge in [-0.15, -0.1) is 11.3 Å². The van der Waals surface area contributed by atoms with Gasteiger partial charge in [-0.2, -0.15) is 0 Å². The summed E-state index contributed by atoms with van der Waals surface area (Å²) in [5.74, 6) is 0.647. The van der Waals surface area contributed by atoms with E-state index in [0.717, 1.165) is 22.6 Å². The van der Waals surface area contributed by atoms with Crippen molar-refractivity contribution in [3.63, 3.8) is 0 Å². The monoisotopic (exact) mass is 296 g/mol. The smallest absolute Gasteiger partial charge is 0.254 e. The van der Waals surface area contributed by atoms with E-state index in [1.54, 1.807) is 11.3 Å². The number of hydrogen-bond acceptors (Lipinski definition) is 3. The fraction of sp³-hybridized carbons (Fsp3) is 0.176. The maximum Gasteiger partial charge on any atom is 0.254 e. The van der Waals surface area contributed by atoms with Crippen LogP contribution in [0.5, 0.6) is 0 Å². The Balaban J connectivity index is 2.16. The van der Waals surface area contributed by atoms with Crippen molar-refractivity contribution in [1.29, 1.82) is 0 Å². The summed E-state index contributed by atoms with van der Waals surface area (Å²) >= 11 is 1.67. The quantitative estimate of drug-likeness (QED) is 0.793. The zero-order chi connectivity index (χ0) is 14.8. The van der Waals surface area contributed by atoms with Crippen molar-refractivity contribution in [2.75, 3.05) is 0 Å². The normalized spacial score (nSPS) is 10.8. The Labute approximate surface area is 127 Å². The van der Waals surface area contributed by atoms with Crippen LogP contribution in [0.25, 0.3) is 22.0 Å². The molecule has 2 aromatic heterocycles. The average molecular weight is 296 g/mol. The van der Waals surface area contributed by atoms with Crippen LogP contribution in [0.15, 0.2) is 47.3 Å². The molecule has 3 nitrogen and oxygen atoms in total. The zero-order valence-corrected chi connectivity index (χ0v) is 12.8. The van der Waals surface area contributed by atoms with Gasteiger partial charge >= 0.3 is 0 Å². The molecule has 21 heavy (non-hydrogen) atoms. The first-order valence-electron chi connectivity index (χ1n) is 6.94. The molecule has 0 saturated heterocycles. The third-order valence-corrected chi connectivity index (χ3v) is 4.68. The second-order valence-corrected chi connectivity index (χ2v) is 6.04. The topological polar surface area (TPSA) is 45.8 Å². The lowest BCUT2D eigenvalue weighted by molar-refractivity contribution is 1.10. The molecule has 0 fully saturated rings. The van der Waals surface area contributed by atoms with Crippen molar-refractivity contribution in [3.05, 3.63) is 63.3 Å². The summed E-state index contributed by atoms with van der Waals surface area (Å²) in [4.78, 5) is 22.0. The maximum atomic E-state index is 12.2. The first-order valence-corrected chi connectivity index (χ1v) is 7.76. The lowest BCUT2D eigenvalue weighted by Gasteiger charge is -2.06. The summed E-state index contributed by atoms with van der Waals surface area (Å²) in [5.41, 5.74) is 2.29. The fourth-order valence-corrected chi connectivity index (χ4v) is 3.11. The first kappa shape index (κ1) is 13.8. The van der Waals surface area contributed by atoms with Crippen molar-refractivity contribution in [2.24, 2.45) is 0 Å². The zero-order valence-electron chi connectivity index (χ0n) is 12.0. The predicted molar refractivity (Wildman–Crippen MR) is 87.7 cm³/mol. The van der Waals surface area contributed by atoms with Crippen LogP contribution in [0.4, 0.5) is 0 Å². The highest BCUT2D eigenvalue weighted by atomic mass is 32.1. The van der Waals surface area contributed by atoms with Gasteiger partial charge in [0, 0.05) is 16.0 Å². The molecule has 0 atom stereocenters. The van der Waals surface area contributed by atoms with Crippen molar-refractivity contribution in [1.82, 2.24) is 9.97 Å². The van der Waals surface area contributed by atoms with Gasteiger partial charge in [0.25, 0.3) is 5.56 Å². The van der Waals surface area contributed by atoms with Gasteiger partial charge in [0.05, 0.1) is 10.6 Å². The van der Waals surface area contributed by atoms with Gasteiger partial charge in [-0.05, 0) is 25.5 Å². The minimum absolute atomic E-state index is 0.0784. The first-order chi connectivity index (χ1) is 10.2. The number of aryl methyl sites for hydroxylation is 1. The van der Waals surface area contributed by atoms with Crippen LogP contribution >= 0.6 is 11.3 Å². The number of nitrogens with zero attached hydrogens (tertiary/aromatic N) is 1. The number of H-pyrrole nitrogens is 1. The molecule has 3 rings (SSSR count). The molecule has 0 spiro atoms. The second kappa shape index (κ2) is 5.66. The number of benzene rings is 1. The molecule has 0 unspecified atom stereocenters. The maximum absolute atomic E-state index is 12.2. The van der Waals surface area contributed by atoms with E-state index >= 15 is 0 Å². The summed E-state index contributed by atoms with van der Waals surface area (Å²) in [6, 6.07) is 13.9. The summed E-state index contributed by atoms with van der Waals surface area (Å²) in [6.45, 7) is 3.93. The average Bonchev–Trinajstić information content (AvgIpc) is 3.00. The van der Waals surface area contributed by atoms with Gasteiger partial charge in [-0.1, -0.05) is 37.3 Å². The minimum atomic E-state index is -0.0784. The molecule has 1 aromatic carbocycles. The molecule has 0 radical (unpaired) electrons. The molecule has 0 amide bonds. The molecular formula is C17H16N2OS. The van der Waals surface area contributed by atoms with E-state index < -0.39 is 0 Å². The van der Waals surface area contributed by atoms with Crippen molar-refractivity contribution in [2.45, 2.75) is 20.3 Å². The van der Waals surface area contributed by atoms with Crippen LogP contribution in [-0.2, 0) is 6.42 Å². The highest BCUT2D eigenvalue weighted by molar-refractivity contribution is 7.15. The van der Waals surface area contributed by atoms with Crippen molar-refractivity contribution < 1.29 is 0 Å². The third-order valence-electron chi connectivity index (χ3n) is 3.44. The highest BCUT2D eigenvalue weighted by Gasteiger charge is 2.12. The Morgan fingerprint density at radius 1 is 1.14 bits per heavy atom. The molecule has 0 bridgehead atoms. The van der Waals surface area contributed by atoms with Gasteiger partial charge < -0.3 is 4.98 Å². The highest BCUT2D eigenvalue weighted by Crippen LogP contribution is 2.27. The van der Waals surface area contributed by atoms with Crippen LogP contribution < -0.4 is 5.56 Å². The van der Waals surface area contributed by atoms with Gasteiger partial charge in [-0.3, -0.25) is 4.79 Å². The predicted octanol–water partition coefficient (Wildman–Crippen LogP) is 4.04. The molecule has 3 aromatic rings. The summed E-state index contributed by atoms with van der Waals surface area (Å²) < 4.78 is 0. The lowest BCUT2D eigenvalue weighted by atomic mass is 10.1. The number of aromatic amines is 1. The van der Waals surface area contributed by atoms with E-state index in [9.17, 15) is 4.79 Å². The van der Waals surface area contributed by atoms with E-state index in [1.807, 2.05) is 43.3 Å². The van der Waals surface area contributed by atoms with Gasteiger partial charge in [0.2, 0.25) is 0 Å². The summed E-state index contributed by atoms with van der Waals surface area (Å²) in [5, 5.41) is 0. The largest absolute Gasteiger partial charge is 0.306 e. The van der Waals surface area contributed by atoms with Crippen molar-refractivity contribution in [3.8, 4) is 22.0 Å². The van der Waals surface area contributed by atoms with E-state index in [2.05, 4.69) is 23.0 Å². The van der Waals surface area contributed by atoms with Crippen LogP contribution in [0, 0.1) is 6.92 Å². The fourth-order valence-electron chi connectivity index (χ4n) is 2.22. The molecular weight excluding hydrogens is 280 g/mol. The Morgan fingerprint density at radius 3 is 2.57 bits per heavy atom. The number of rotatable bonds is 3. The number of nitrogens with one attached hydrogen (secondary N) is 1. The minimum Gasteiger partial charge on any atom is -0.306 e. The van der Waals surface area contributed by atoms with Crippen LogP contribution in [0.3, 0.4) is 0 Å².